The third-order valence-corrected chi connectivity index (χ3v) is 4.75. The zero-order chi connectivity index (χ0) is 16.6. The van der Waals surface area contributed by atoms with Gasteiger partial charge in [-0.3, -0.25) is 9.59 Å². The van der Waals surface area contributed by atoms with Crippen LogP contribution in [0, 0.1) is 12.8 Å². The first kappa shape index (κ1) is 15.8. The average Bonchev–Trinajstić information content (AvgIpc) is 2.50. The zero-order valence-electron chi connectivity index (χ0n) is 13.2. The number of nitrogens with one attached hydrogen (secondary N) is 2. The van der Waals surface area contributed by atoms with Crippen LogP contribution in [-0.2, 0) is 12.8 Å². The second-order valence-corrected chi connectivity index (χ2v) is 6.69. The molecule has 2 N–H and O–H groups in total. The van der Waals surface area contributed by atoms with Crippen LogP contribution < -0.4 is 10.9 Å². The minimum atomic E-state index is -0.410. The minimum Gasteiger partial charge on any atom is -0.325 e. The number of anilines is 1. The Morgan fingerprint density at radius 1 is 1.35 bits per heavy atom. The highest BCUT2D eigenvalue weighted by Gasteiger charge is 2.20. The van der Waals surface area contributed by atoms with E-state index in [1.807, 2.05) is 13.0 Å². The molecule has 0 saturated carbocycles. The van der Waals surface area contributed by atoms with E-state index in [0.717, 1.165) is 36.1 Å². The summed E-state index contributed by atoms with van der Waals surface area (Å²) in [6.45, 7) is 4.07. The number of halogens is 1. The van der Waals surface area contributed by atoms with Crippen LogP contribution in [0.1, 0.15) is 40.5 Å². The molecule has 0 fully saturated rings. The number of hydrogen-bond acceptors (Lipinski definition) is 2. The van der Waals surface area contributed by atoms with E-state index in [1.54, 1.807) is 18.2 Å². The molecule has 3 rings (SSSR count). The molecule has 1 atom stereocenters. The van der Waals surface area contributed by atoms with Crippen molar-refractivity contribution in [2.75, 3.05) is 5.32 Å². The van der Waals surface area contributed by atoms with Crippen molar-refractivity contribution in [3.63, 3.8) is 0 Å². The number of H-pyrrole nitrogens is 1. The van der Waals surface area contributed by atoms with Crippen LogP contribution in [0.4, 0.5) is 5.69 Å². The van der Waals surface area contributed by atoms with E-state index in [1.165, 1.54) is 0 Å². The van der Waals surface area contributed by atoms with Gasteiger partial charge in [0.1, 0.15) is 5.56 Å². The van der Waals surface area contributed by atoms with Crippen molar-refractivity contribution in [1.82, 2.24) is 4.98 Å². The van der Waals surface area contributed by atoms with Crippen LogP contribution in [0.25, 0.3) is 0 Å². The molecule has 0 aliphatic heterocycles. The lowest BCUT2D eigenvalue weighted by atomic mass is 9.87. The number of amides is 1. The van der Waals surface area contributed by atoms with Crippen LogP contribution in [0.5, 0.6) is 0 Å². The Hall–Kier alpha value is -2.07. The van der Waals surface area contributed by atoms with Gasteiger partial charge in [-0.2, -0.15) is 0 Å². The molecule has 1 aliphatic carbocycles. The standard InChI is InChI=1S/C18H19ClN2O2/c1-10-3-6-16-12(7-10)8-14(18(23)21-16)17(22)20-13-5-4-11(2)15(19)9-13/h4-5,8-10H,3,6-7H2,1-2H3,(H,20,22)(H,21,23)/t10-/m0/s1. The maximum Gasteiger partial charge on any atom is 0.261 e. The summed E-state index contributed by atoms with van der Waals surface area (Å²) in [4.78, 5) is 27.5. The first-order valence-corrected chi connectivity index (χ1v) is 8.14. The molecule has 0 bridgehead atoms. The quantitative estimate of drug-likeness (QED) is 0.881. The highest BCUT2D eigenvalue weighted by molar-refractivity contribution is 6.31. The topological polar surface area (TPSA) is 62.0 Å². The third kappa shape index (κ3) is 3.32. The summed E-state index contributed by atoms with van der Waals surface area (Å²) in [6.07, 6.45) is 2.82. The molecule has 4 nitrogen and oxygen atoms in total. The molecule has 1 aliphatic rings. The number of carbonyl (C=O) groups is 1. The van der Waals surface area contributed by atoms with Gasteiger partial charge in [-0.25, -0.2) is 0 Å². The molecule has 0 spiro atoms. The monoisotopic (exact) mass is 330 g/mol. The van der Waals surface area contributed by atoms with E-state index < -0.39 is 5.91 Å². The van der Waals surface area contributed by atoms with Gasteiger partial charge < -0.3 is 10.3 Å². The number of pyridine rings is 1. The van der Waals surface area contributed by atoms with Gasteiger partial charge in [-0.1, -0.05) is 24.6 Å². The van der Waals surface area contributed by atoms with Crippen molar-refractivity contribution < 1.29 is 4.79 Å². The normalized spacial score (nSPS) is 16.7. The van der Waals surface area contributed by atoms with E-state index in [4.69, 9.17) is 11.6 Å². The van der Waals surface area contributed by atoms with Gasteiger partial charge in [0.25, 0.3) is 11.5 Å². The molecule has 1 heterocycles. The highest BCUT2D eigenvalue weighted by Crippen LogP contribution is 2.24. The minimum absolute atomic E-state index is 0.148. The number of aromatic nitrogens is 1. The fourth-order valence-electron chi connectivity index (χ4n) is 2.92. The predicted molar refractivity (Wildman–Crippen MR) is 92.4 cm³/mol. The van der Waals surface area contributed by atoms with Crippen LogP contribution in [0.2, 0.25) is 5.02 Å². The Kier molecular flexibility index (Phi) is 4.26. The second kappa shape index (κ2) is 6.20. The van der Waals surface area contributed by atoms with E-state index in [2.05, 4.69) is 17.2 Å². The highest BCUT2D eigenvalue weighted by atomic mass is 35.5. The van der Waals surface area contributed by atoms with Crippen LogP contribution >= 0.6 is 11.6 Å². The first-order valence-electron chi connectivity index (χ1n) is 7.76. The molecular weight excluding hydrogens is 312 g/mol. The second-order valence-electron chi connectivity index (χ2n) is 6.28. The summed E-state index contributed by atoms with van der Waals surface area (Å²) in [5.74, 6) is 0.160. The van der Waals surface area contributed by atoms with Crippen LogP contribution in [0.15, 0.2) is 29.1 Å². The molecule has 23 heavy (non-hydrogen) atoms. The molecule has 0 unspecified atom stereocenters. The van der Waals surface area contributed by atoms with Gasteiger partial charge in [0.15, 0.2) is 0 Å². The van der Waals surface area contributed by atoms with Gasteiger partial charge in [0.2, 0.25) is 0 Å². The molecule has 2 aromatic rings. The number of fused-ring (bicyclic) bond motifs is 1. The Balaban J connectivity index is 1.88. The summed E-state index contributed by atoms with van der Waals surface area (Å²) in [5.41, 5.74) is 3.35. The van der Waals surface area contributed by atoms with E-state index in [9.17, 15) is 9.59 Å². The largest absolute Gasteiger partial charge is 0.325 e. The van der Waals surface area contributed by atoms with Crippen molar-refractivity contribution in [3.8, 4) is 0 Å². The van der Waals surface area contributed by atoms with Gasteiger partial charge in [0, 0.05) is 16.4 Å². The third-order valence-electron chi connectivity index (χ3n) is 4.35. The summed E-state index contributed by atoms with van der Waals surface area (Å²) in [5, 5.41) is 3.32. The summed E-state index contributed by atoms with van der Waals surface area (Å²) in [7, 11) is 0. The molecule has 1 amide bonds. The van der Waals surface area contributed by atoms with Crippen molar-refractivity contribution in [2.45, 2.75) is 33.1 Å². The molecule has 1 aromatic heterocycles. The fraction of sp³-hybridized carbons (Fsp3) is 0.333. The van der Waals surface area contributed by atoms with Crippen LogP contribution in [-0.4, -0.2) is 10.9 Å². The van der Waals surface area contributed by atoms with Crippen molar-refractivity contribution in [1.29, 1.82) is 0 Å². The maximum atomic E-state index is 12.4. The van der Waals surface area contributed by atoms with E-state index in [0.29, 0.717) is 16.6 Å². The number of benzene rings is 1. The average molecular weight is 331 g/mol. The number of aryl methyl sites for hydroxylation is 2. The lowest BCUT2D eigenvalue weighted by Gasteiger charge is -2.21. The smallest absolute Gasteiger partial charge is 0.261 e. The molecule has 0 radical (unpaired) electrons. The van der Waals surface area contributed by atoms with E-state index in [-0.39, 0.29) is 11.1 Å². The molecule has 5 heteroatoms. The molecule has 120 valence electrons. The van der Waals surface area contributed by atoms with Crippen molar-refractivity contribution in [3.05, 3.63) is 62.0 Å². The van der Waals surface area contributed by atoms with Gasteiger partial charge in [-0.15, -0.1) is 0 Å². The maximum absolute atomic E-state index is 12.4. The Labute approximate surface area is 139 Å². The lowest BCUT2D eigenvalue weighted by molar-refractivity contribution is 0.102. The number of aromatic amines is 1. The SMILES string of the molecule is Cc1ccc(NC(=O)c2cc3c([nH]c2=O)CC[C@H](C)C3)cc1Cl. The van der Waals surface area contributed by atoms with E-state index >= 15 is 0 Å². The number of rotatable bonds is 2. The van der Waals surface area contributed by atoms with Gasteiger partial charge in [0.05, 0.1) is 0 Å². The Bertz CT molecular complexity index is 826. The van der Waals surface area contributed by atoms with Crippen LogP contribution in [0.3, 0.4) is 0 Å². The van der Waals surface area contributed by atoms with Gasteiger partial charge in [-0.05, 0) is 61.4 Å². The molecule has 1 aromatic carbocycles. The summed E-state index contributed by atoms with van der Waals surface area (Å²) in [6, 6.07) is 7.02. The Morgan fingerprint density at radius 3 is 2.87 bits per heavy atom. The number of carbonyl (C=O) groups excluding carboxylic acids is 1. The summed E-state index contributed by atoms with van der Waals surface area (Å²) >= 11 is 6.07. The number of hydrogen-bond donors (Lipinski definition) is 2. The van der Waals surface area contributed by atoms with Crippen molar-refractivity contribution >= 4 is 23.2 Å². The Morgan fingerprint density at radius 2 is 2.13 bits per heavy atom. The molecule has 0 saturated heterocycles. The van der Waals surface area contributed by atoms with Gasteiger partial charge >= 0.3 is 0 Å². The lowest BCUT2D eigenvalue weighted by Crippen LogP contribution is -2.27. The predicted octanol–water partition coefficient (Wildman–Crippen LogP) is 3.71. The zero-order valence-corrected chi connectivity index (χ0v) is 14.0. The first-order chi connectivity index (χ1) is 10.9. The van der Waals surface area contributed by atoms with Crippen molar-refractivity contribution in [2.24, 2.45) is 5.92 Å². The summed E-state index contributed by atoms with van der Waals surface area (Å²) < 4.78 is 0. The fourth-order valence-corrected chi connectivity index (χ4v) is 3.10. The molecular formula is C18H19ClN2O2.